The van der Waals surface area contributed by atoms with Gasteiger partial charge in [0.05, 0.1) is 0 Å². The molecule has 2 aromatic carbocycles. The Morgan fingerprint density at radius 2 is 1.00 bits per heavy atom. The minimum Gasteiger partial charge on any atom is -0.0654 e. The van der Waals surface area contributed by atoms with E-state index < -0.39 is 0 Å². The lowest BCUT2D eigenvalue weighted by atomic mass is 9.78. The molecule has 1 aliphatic rings. The highest BCUT2D eigenvalue weighted by Crippen LogP contribution is 2.34. The molecule has 2 aromatic rings. The molecule has 0 atom stereocenters. The van der Waals surface area contributed by atoms with Crippen LogP contribution in [0.4, 0.5) is 0 Å². The lowest BCUT2D eigenvalue weighted by molar-refractivity contribution is 0.249. The summed E-state index contributed by atoms with van der Waals surface area (Å²) in [6.45, 7) is 4.58. The fourth-order valence-corrected chi connectivity index (χ4v) is 5.17. The smallest absolute Gasteiger partial charge is 0.0184 e. The van der Waals surface area contributed by atoms with Crippen molar-refractivity contribution in [2.24, 2.45) is 11.8 Å². The molecule has 0 amide bonds. The Morgan fingerprint density at radius 3 is 1.53 bits per heavy atom. The van der Waals surface area contributed by atoms with Crippen LogP contribution >= 0.6 is 0 Å². The maximum atomic E-state index is 2.36. The molecule has 1 aliphatic carbocycles. The average Bonchev–Trinajstić information content (AvgIpc) is 2.80. The third-order valence-corrected chi connectivity index (χ3v) is 7.33. The largest absolute Gasteiger partial charge is 0.0654 e. The van der Waals surface area contributed by atoms with Crippen LogP contribution in [0.5, 0.6) is 0 Å². The molecule has 0 nitrogen and oxygen atoms in total. The van der Waals surface area contributed by atoms with E-state index in [0.717, 1.165) is 11.8 Å². The normalized spacial score (nSPS) is 19.1. The third kappa shape index (κ3) is 7.60. The molecule has 1 fully saturated rings. The summed E-state index contributed by atoms with van der Waals surface area (Å²) in [6.07, 6.45) is 19.4. The van der Waals surface area contributed by atoms with Gasteiger partial charge in [0.2, 0.25) is 0 Å². The van der Waals surface area contributed by atoms with Crippen molar-refractivity contribution in [3.8, 4) is 11.1 Å². The molecule has 0 N–H and O–H groups in total. The molecule has 0 aliphatic heterocycles. The number of rotatable bonds is 12. The lowest BCUT2D eigenvalue weighted by Gasteiger charge is -2.28. The molecule has 0 bridgehead atoms. The van der Waals surface area contributed by atoms with Crippen LogP contribution in [0.25, 0.3) is 11.1 Å². The van der Waals surface area contributed by atoms with Crippen molar-refractivity contribution in [2.45, 2.75) is 104 Å². The SMILES string of the molecule is CCCCCc1ccc(-c2ccc(CC[C@H]3CC[C@H](CCCCC)CC3)cc2)cc1. The van der Waals surface area contributed by atoms with Crippen LogP contribution in [0, 0.1) is 11.8 Å². The van der Waals surface area contributed by atoms with Gasteiger partial charge in [0.25, 0.3) is 0 Å². The number of benzene rings is 2. The van der Waals surface area contributed by atoms with Crippen molar-refractivity contribution in [3.63, 3.8) is 0 Å². The molecule has 30 heavy (non-hydrogen) atoms. The molecule has 0 aromatic heterocycles. The highest BCUT2D eigenvalue weighted by Gasteiger charge is 2.20. The van der Waals surface area contributed by atoms with E-state index in [1.54, 1.807) is 0 Å². The van der Waals surface area contributed by atoms with E-state index in [4.69, 9.17) is 0 Å². The van der Waals surface area contributed by atoms with Gasteiger partial charge in [-0.25, -0.2) is 0 Å². The molecule has 0 saturated heterocycles. The highest BCUT2D eigenvalue weighted by molar-refractivity contribution is 5.63. The van der Waals surface area contributed by atoms with Crippen molar-refractivity contribution in [1.29, 1.82) is 0 Å². The van der Waals surface area contributed by atoms with E-state index >= 15 is 0 Å². The maximum absolute atomic E-state index is 2.36. The molecule has 0 unspecified atom stereocenters. The fraction of sp³-hybridized carbons (Fsp3) is 0.600. The van der Waals surface area contributed by atoms with Gasteiger partial charge in [-0.1, -0.05) is 127 Å². The van der Waals surface area contributed by atoms with E-state index in [2.05, 4.69) is 62.4 Å². The van der Waals surface area contributed by atoms with Gasteiger partial charge in [-0.15, -0.1) is 0 Å². The monoisotopic (exact) mass is 404 g/mol. The van der Waals surface area contributed by atoms with E-state index in [1.165, 1.54) is 112 Å². The zero-order valence-corrected chi connectivity index (χ0v) is 19.7. The van der Waals surface area contributed by atoms with Gasteiger partial charge in [0, 0.05) is 0 Å². The van der Waals surface area contributed by atoms with Crippen molar-refractivity contribution < 1.29 is 0 Å². The standard InChI is InChI=1S/C30H44/c1-3-5-7-9-25-11-13-27(14-12-25)15-16-28-19-23-30(24-20-28)29-21-17-26(18-22-29)10-8-6-4-2/h17-25,27H,3-16H2,1-2H3/t25-,27-. The van der Waals surface area contributed by atoms with E-state index in [0.29, 0.717) is 0 Å². The molecule has 0 radical (unpaired) electrons. The van der Waals surface area contributed by atoms with Crippen LogP contribution in [0.3, 0.4) is 0 Å². The Labute approximate surface area is 186 Å². The van der Waals surface area contributed by atoms with Crippen LogP contribution in [0.15, 0.2) is 48.5 Å². The Bertz CT molecular complexity index is 686. The molecule has 164 valence electrons. The fourth-order valence-electron chi connectivity index (χ4n) is 5.17. The first-order chi connectivity index (χ1) is 14.8. The Balaban J connectivity index is 1.41. The van der Waals surface area contributed by atoms with Gasteiger partial charge in [-0.3, -0.25) is 0 Å². The van der Waals surface area contributed by atoms with Crippen molar-refractivity contribution in [2.75, 3.05) is 0 Å². The molecule has 0 heteroatoms. The van der Waals surface area contributed by atoms with Gasteiger partial charge in [0.1, 0.15) is 0 Å². The number of hydrogen-bond donors (Lipinski definition) is 0. The summed E-state index contributed by atoms with van der Waals surface area (Å²) in [5.41, 5.74) is 5.69. The molecular formula is C30H44. The minimum atomic E-state index is 0.965. The molecular weight excluding hydrogens is 360 g/mol. The third-order valence-electron chi connectivity index (χ3n) is 7.33. The van der Waals surface area contributed by atoms with E-state index in [9.17, 15) is 0 Å². The van der Waals surface area contributed by atoms with Gasteiger partial charge in [0.15, 0.2) is 0 Å². The second-order valence-corrected chi connectivity index (χ2v) is 9.77. The average molecular weight is 405 g/mol. The first kappa shape index (κ1) is 23.1. The predicted octanol–water partition coefficient (Wildman–Crippen LogP) is 9.41. The molecule has 3 rings (SSSR count). The maximum Gasteiger partial charge on any atom is -0.0184 e. The van der Waals surface area contributed by atoms with Crippen LogP contribution in [-0.2, 0) is 12.8 Å². The Hall–Kier alpha value is -1.56. The zero-order chi connectivity index (χ0) is 21.0. The Kier molecular flexibility index (Phi) is 10.0. The number of aryl methyl sites for hydroxylation is 2. The van der Waals surface area contributed by atoms with Gasteiger partial charge < -0.3 is 0 Å². The lowest BCUT2D eigenvalue weighted by Crippen LogP contribution is -2.15. The van der Waals surface area contributed by atoms with Gasteiger partial charge >= 0.3 is 0 Å². The summed E-state index contributed by atoms with van der Waals surface area (Å²) in [4.78, 5) is 0. The molecule has 1 saturated carbocycles. The van der Waals surface area contributed by atoms with Crippen molar-refractivity contribution in [3.05, 3.63) is 59.7 Å². The first-order valence-electron chi connectivity index (χ1n) is 13.0. The minimum absolute atomic E-state index is 0.965. The van der Waals surface area contributed by atoms with Crippen LogP contribution in [-0.4, -0.2) is 0 Å². The van der Waals surface area contributed by atoms with E-state index in [-0.39, 0.29) is 0 Å². The summed E-state index contributed by atoms with van der Waals surface area (Å²) in [5.74, 6) is 2.00. The number of hydrogen-bond acceptors (Lipinski definition) is 0. The van der Waals surface area contributed by atoms with E-state index in [1.807, 2.05) is 0 Å². The van der Waals surface area contributed by atoms with Crippen molar-refractivity contribution >= 4 is 0 Å². The first-order valence-corrected chi connectivity index (χ1v) is 13.0. The highest BCUT2D eigenvalue weighted by atomic mass is 14.3. The zero-order valence-electron chi connectivity index (χ0n) is 19.7. The quantitative estimate of drug-likeness (QED) is 0.309. The predicted molar refractivity (Wildman–Crippen MR) is 133 cm³/mol. The van der Waals surface area contributed by atoms with Crippen LogP contribution < -0.4 is 0 Å². The second-order valence-electron chi connectivity index (χ2n) is 9.77. The molecule has 0 heterocycles. The van der Waals surface area contributed by atoms with Crippen LogP contribution in [0.1, 0.15) is 102 Å². The summed E-state index contributed by atoms with van der Waals surface area (Å²) in [7, 11) is 0. The summed E-state index contributed by atoms with van der Waals surface area (Å²) in [5, 5.41) is 0. The number of unbranched alkanes of at least 4 members (excludes halogenated alkanes) is 4. The molecule has 0 spiro atoms. The van der Waals surface area contributed by atoms with Gasteiger partial charge in [-0.05, 0) is 59.8 Å². The topological polar surface area (TPSA) is 0 Å². The Morgan fingerprint density at radius 1 is 0.533 bits per heavy atom. The van der Waals surface area contributed by atoms with Crippen LogP contribution in [0.2, 0.25) is 0 Å². The second kappa shape index (κ2) is 13.0. The van der Waals surface area contributed by atoms with Crippen molar-refractivity contribution in [1.82, 2.24) is 0 Å². The summed E-state index contributed by atoms with van der Waals surface area (Å²) in [6, 6.07) is 18.6. The van der Waals surface area contributed by atoms with Gasteiger partial charge in [-0.2, -0.15) is 0 Å². The summed E-state index contributed by atoms with van der Waals surface area (Å²) >= 11 is 0. The summed E-state index contributed by atoms with van der Waals surface area (Å²) < 4.78 is 0.